The first kappa shape index (κ1) is 14.1. The molecule has 8 heteroatoms. The van der Waals surface area contributed by atoms with E-state index in [1.807, 2.05) is 13.8 Å². The van der Waals surface area contributed by atoms with Crippen molar-refractivity contribution in [1.29, 1.82) is 0 Å². The van der Waals surface area contributed by atoms with E-state index in [0.717, 1.165) is 37.4 Å². The molecular weight excluding hydrogens is 288 g/mol. The van der Waals surface area contributed by atoms with Gasteiger partial charge in [-0.05, 0) is 33.1 Å². The van der Waals surface area contributed by atoms with Crippen molar-refractivity contribution in [2.75, 3.05) is 23.7 Å². The number of nitrogens with two attached hydrogens (primary N) is 1. The quantitative estimate of drug-likeness (QED) is 0.922. The summed E-state index contributed by atoms with van der Waals surface area (Å²) in [5, 5.41) is 1.05. The lowest BCUT2D eigenvalue weighted by Gasteiger charge is -2.26. The van der Waals surface area contributed by atoms with Gasteiger partial charge < -0.3 is 15.1 Å². The Morgan fingerprint density at radius 2 is 1.81 bits per heavy atom. The van der Waals surface area contributed by atoms with E-state index in [1.54, 1.807) is 0 Å². The average Bonchev–Trinajstić information content (AvgIpc) is 2.77. The number of oxazole rings is 1. The highest BCUT2D eigenvalue weighted by atomic mass is 32.2. The normalized spacial score (nSPS) is 15.4. The van der Waals surface area contributed by atoms with Crippen molar-refractivity contribution < 1.29 is 4.42 Å². The van der Waals surface area contributed by atoms with Crippen LogP contribution in [0.3, 0.4) is 0 Å². The molecule has 2 N–H and O–H groups in total. The van der Waals surface area contributed by atoms with E-state index in [-0.39, 0.29) is 5.95 Å². The molecule has 21 heavy (non-hydrogen) atoms. The monoisotopic (exact) mass is 306 g/mol. The number of hydrogen-bond donors (Lipinski definition) is 1. The Kier molecular flexibility index (Phi) is 3.96. The maximum Gasteiger partial charge on any atom is 0.264 e. The van der Waals surface area contributed by atoms with Gasteiger partial charge in [0.05, 0.1) is 5.69 Å². The van der Waals surface area contributed by atoms with Gasteiger partial charge in [-0.3, -0.25) is 0 Å². The molecule has 0 amide bonds. The number of aryl methyl sites for hydroxylation is 2. The summed E-state index contributed by atoms with van der Waals surface area (Å²) in [7, 11) is 0. The van der Waals surface area contributed by atoms with Crippen molar-refractivity contribution in [3.05, 3.63) is 11.5 Å². The van der Waals surface area contributed by atoms with Crippen molar-refractivity contribution in [2.24, 2.45) is 0 Å². The van der Waals surface area contributed by atoms with E-state index in [4.69, 9.17) is 10.2 Å². The molecule has 7 nitrogen and oxygen atoms in total. The minimum absolute atomic E-state index is 0.230. The van der Waals surface area contributed by atoms with E-state index >= 15 is 0 Å². The van der Waals surface area contributed by atoms with Crippen LogP contribution in [0, 0.1) is 13.8 Å². The number of nitrogens with zero attached hydrogens (tertiary/aromatic N) is 5. The second-order valence-corrected chi connectivity index (χ2v) is 5.97. The number of rotatable bonds is 3. The molecule has 2 aromatic heterocycles. The van der Waals surface area contributed by atoms with Crippen molar-refractivity contribution in [3.8, 4) is 0 Å². The summed E-state index contributed by atoms with van der Waals surface area (Å²) >= 11 is 1.27. The summed E-state index contributed by atoms with van der Waals surface area (Å²) in [6.07, 6.45) is 3.58. The molecule has 1 aliphatic rings. The van der Waals surface area contributed by atoms with Crippen LogP contribution in [-0.4, -0.2) is 33.0 Å². The van der Waals surface area contributed by atoms with Gasteiger partial charge in [-0.25, -0.2) is 4.98 Å². The fourth-order valence-electron chi connectivity index (χ4n) is 2.21. The second-order valence-electron chi connectivity index (χ2n) is 5.05. The minimum atomic E-state index is 0.230. The number of piperidine rings is 1. The van der Waals surface area contributed by atoms with E-state index in [2.05, 4.69) is 24.8 Å². The molecule has 0 bridgehead atoms. The standard InChI is InChI=1S/C13H18N6OS/c1-8-9(2)20-13(15-8)21-12-17-10(14)16-11(18-12)19-6-4-3-5-7-19/h3-7H2,1-2H3,(H2,14,16,17,18). The van der Waals surface area contributed by atoms with Crippen molar-refractivity contribution >= 4 is 23.7 Å². The average molecular weight is 306 g/mol. The maximum absolute atomic E-state index is 5.80. The number of nitrogen functional groups attached to an aromatic ring is 1. The third-order valence-electron chi connectivity index (χ3n) is 3.45. The van der Waals surface area contributed by atoms with Crippen LogP contribution in [0.5, 0.6) is 0 Å². The molecule has 0 spiro atoms. The van der Waals surface area contributed by atoms with Crippen molar-refractivity contribution in [3.63, 3.8) is 0 Å². The Hall–Kier alpha value is -1.83. The van der Waals surface area contributed by atoms with Crippen LogP contribution in [0.1, 0.15) is 30.7 Å². The largest absolute Gasteiger partial charge is 0.436 e. The van der Waals surface area contributed by atoms with Gasteiger partial charge in [0.25, 0.3) is 5.22 Å². The number of aromatic nitrogens is 4. The molecule has 0 radical (unpaired) electrons. The molecule has 0 unspecified atom stereocenters. The van der Waals surface area contributed by atoms with Crippen LogP contribution in [0.15, 0.2) is 14.8 Å². The van der Waals surface area contributed by atoms with Crippen LogP contribution < -0.4 is 10.6 Å². The molecule has 2 aromatic rings. The second kappa shape index (κ2) is 5.88. The predicted octanol–water partition coefficient (Wildman–Crippen LogP) is 2.20. The zero-order valence-corrected chi connectivity index (χ0v) is 13.0. The Morgan fingerprint density at radius 1 is 1.05 bits per heavy atom. The number of anilines is 2. The lowest BCUT2D eigenvalue weighted by molar-refractivity contribution is 0.430. The van der Waals surface area contributed by atoms with Gasteiger partial charge in [0.2, 0.25) is 17.1 Å². The fourth-order valence-corrected chi connectivity index (χ4v) is 2.98. The van der Waals surface area contributed by atoms with Crippen LogP contribution in [0.2, 0.25) is 0 Å². The summed E-state index contributed by atoms with van der Waals surface area (Å²) in [5.41, 5.74) is 6.67. The van der Waals surface area contributed by atoms with Crippen LogP contribution in [-0.2, 0) is 0 Å². The molecule has 3 rings (SSSR count). The predicted molar refractivity (Wildman–Crippen MR) is 80.4 cm³/mol. The smallest absolute Gasteiger partial charge is 0.264 e. The van der Waals surface area contributed by atoms with Gasteiger partial charge in [-0.2, -0.15) is 15.0 Å². The first-order valence-electron chi connectivity index (χ1n) is 7.00. The van der Waals surface area contributed by atoms with Gasteiger partial charge in [0.15, 0.2) is 0 Å². The topological polar surface area (TPSA) is 94.0 Å². The third-order valence-corrected chi connectivity index (χ3v) is 4.16. The van der Waals surface area contributed by atoms with E-state index in [0.29, 0.717) is 16.3 Å². The summed E-state index contributed by atoms with van der Waals surface area (Å²) in [4.78, 5) is 19.3. The molecule has 0 saturated carbocycles. The lowest BCUT2D eigenvalue weighted by atomic mass is 10.1. The van der Waals surface area contributed by atoms with Crippen LogP contribution >= 0.6 is 11.8 Å². The minimum Gasteiger partial charge on any atom is -0.436 e. The summed E-state index contributed by atoms with van der Waals surface area (Å²) in [6, 6.07) is 0. The van der Waals surface area contributed by atoms with Gasteiger partial charge in [-0.15, -0.1) is 0 Å². The third kappa shape index (κ3) is 3.26. The summed E-state index contributed by atoms with van der Waals surface area (Å²) < 4.78 is 5.54. The molecule has 1 aliphatic heterocycles. The van der Waals surface area contributed by atoms with E-state index in [1.165, 1.54) is 18.2 Å². The first-order valence-corrected chi connectivity index (χ1v) is 7.82. The Labute approximate surface area is 127 Å². The molecule has 1 fully saturated rings. The highest BCUT2D eigenvalue weighted by Gasteiger charge is 2.17. The van der Waals surface area contributed by atoms with E-state index in [9.17, 15) is 0 Å². The zero-order valence-electron chi connectivity index (χ0n) is 12.2. The molecule has 0 aromatic carbocycles. The zero-order chi connectivity index (χ0) is 14.8. The Balaban J connectivity index is 1.83. The maximum atomic E-state index is 5.80. The summed E-state index contributed by atoms with van der Waals surface area (Å²) in [6.45, 7) is 5.71. The SMILES string of the molecule is Cc1nc(Sc2nc(N)nc(N3CCCCC3)n2)oc1C. The van der Waals surface area contributed by atoms with Gasteiger partial charge in [0, 0.05) is 24.9 Å². The molecule has 3 heterocycles. The highest BCUT2D eigenvalue weighted by molar-refractivity contribution is 7.98. The molecule has 0 aliphatic carbocycles. The van der Waals surface area contributed by atoms with Gasteiger partial charge in [0.1, 0.15) is 5.76 Å². The molecule has 0 atom stereocenters. The lowest BCUT2D eigenvalue weighted by Crippen LogP contribution is -2.31. The first-order chi connectivity index (χ1) is 10.1. The van der Waals surface area contributed by atoms with Gasteiger partial charge in [-0.1, -0.05) is 0 Å². The van der Waals surface area contributed by atoms with E-state index < -0.39 is 0 Å². The molecule has 1 saturated heterocycles. The van der Waals surface area contributed by atoms with Crippen molar-refractivity contribution in [2.45, 2.75) is 43.5 Å². The molecular formula is C13H18N6OS. The Morgan fingerprint density at radius 3 is 2.48 bits per heavy atom. The number of hydrogen-bond acceptors (Lipinski definition) is 8. The fraction of sp³-hybridized carbons (Fsp3) is 0.538. The van der Waals surface area contributed by atoms with Crippen LogP contribution in [0.25, 0.3) is 0 Å². The summed E-state index contributed by atoms with van der Waals surface area (Å²) in [5.74, 6) is 1.67. The molecule has 112 valence electrons. The van der Waals surface area contributed by atoms with Gasteiger partial charge >= 0.3 is 0 Å². The highest BCUT2D eigenvalue weighted by Crippen LogP contribution is 2.27. The Bertz CT molecular complexity index is 618. The van der Waals surface area contributed by atoms with Crippen LogP contribution in [0.4, 0.5) is 11.9 Å². The van der Waals surface area contributed by atoms with Crippen molar-refractivity contribution in [1.82, 2.24) is 19.9 Å².